The molecule has 2 fully saturated rings. The Bertz CT molecular complexity index is 615. The summed E-state index contributed by atoms with van der Waals surface area (Å²) in [6.45, 7) is 9.33. The molecular weight excluding hydrogens is 320 g/mol. The molecule has 1 aliphatic heterocycles. The third-order valence-corrected chi connectivity index (χ3v) is 5.51. The molecule has 1 aromatic rings. The van der Waals surface area contributed by atoms with E-state index in [1.165, 1.54) is 31.1 Å². The van der Waals surface area contributed by atoms with E-state index in [4.69, 9.17) is 0 Å². The highest BCUT2D eigenvalue weighted by Gasteiger charge is 2.30. The SMILES string of the molecule is CSc1nc(C(C)C)nc(C)c1C(=O)NC1CCN(CC2CC2)C1. The first-order valence-electron chi connectivity index (χ1n) is 8.93. The van der Waals surface area contributed by atoms with E-state index in [2.05, 4.69) is 34.0 Å². The van der Waals surface area contributed by atoms with E-state index in [1.54, 1.807) is 0 Å². The van der Waals surface area contributed by atoms with Crippen molar-refractivity contribution in [3.63, 3.8) is 0 Å². The quantitative estimate of drug-likeness (QED) is 0.633. The van der Waals surface area contributed by atoms with Gasteiger partial charge in [0, 0.05) is 31.6 Å². The van der Waals surface area contributed by atoms with Gasteiger partial charge in [0.25, 0.3) is 5.91 Å². The molecule has 1 saturated carbocycles. The van der Waals surface area contributed by atoms with Crippen LogP contribution in [0.15, 0.2) is 5.03 Å². The number of hydrogen-bond donors (Lipinski definition) is 1. The molecule has 0 bridgehead atoms. The van der Waals surface area contributed by atoms with Crippen molar-refractivity contribution in [1.82, 2.24) is 20.2 Å². The molecule has 1 aromatic heterocycles. The zero-order valence-electron chi connectivity index (χ0n) is 15.1. The van der Waals surface area contributed by atoms with Gasteiger partial charge in [-0.2, -0.15) is 0 Å². The lowest BCUT2D eigenvalue weighted by Crippen LogP contribution is -2.38. The number of hydrogen-bond acceptors (Lipinski definition) is 5. The minimum atomic E-state index is -0.0228. The highest BCUT2D eigenvalue weighted by Crippen LogP contribution is 2.31. The molecule has 6 heteroatoms. The molecule has 1 N–H and O–H groups in total. The summed E-state index contributed by atoms with van der Waals surface area (Å²) in [5.74, 6) is 1.95. The van der Waals surface area contributed by atoms with Crippen LogP contribution in [0.4, 0.5) is 0 Å². The van der Waals surface area contributed by atoms with Crippen molar-refractivity contribution in [2.24, 2.45) is 5.92 Å². The zero-order chi connectivity index (χ0) is 17.3. The van der Waals surface area contributed by atoms with E-state index in [-0.39, 0.29) is 17.9 Å². The predicted octanol–water partition coefficient (Wildman–Crippen LogP) is 2.84. The fourth-order valence-corrected chi connectivity index (χ4v) is 3.90. The molecule has 1 unspecified atom stereocenters. The third-order valence-electron chi connectivity index (χ3n) is 4.83. The molecule has 5 nitrogen and oxygen atoms in total. The van der Waals surface area contributed by atoms with E-state index >= 15 is 0 Å². The van der Waals surface area contributed by atoms with Gasteiger partial charge in [-0.1, -0.05) is 13.8 Å². The van der Waals surface area contributed by atoms with Crippen LogP contribution in [0.25, 0.3) is 0 Å². The standard InChI is InChI=1S/C18H28N4OS/c1-11(2)16-19-12(3)15(18(21-16)24-4)17(23)20-14-7-8-22(10-14)9-13-5-6-13/h11,13-14H,5-10H2,1-4H3,(H,20,23). The van der Waals surface area contributed by atoms with Crippen LogP contribution >= 0.6 is 11.8 Å². The normalized spacial score (nSPS) is 21.5. The van der Waals surface area contributed by atoms with Crippen molar-refractivity contribution < 1.29 is 4.79 Å². The molecule has 0 aromatic carbocycles. The fraction of sp³-hybridized carbons (Fsp3) is 0.722. The monoisotopic (exact) mass is 348 g/mol. The number of aromatic nitrogens is 2. The average molecular weight is 349 g/mol. The summed E-state index contributed by atoms with van der Waals surface area (Å²) >= 11 is 1.52. The Labute approximate surface area is 149 Å². The molecule has 1 amide bonds. The van der Waals surface area contributed by atoms with Crippen LogP contribution in [0.3, 0.4) is 0 Å². The molecule has 132 valence electrons. The van der Waals surface area contributed by atoms with Crippen LogP contribution in [0.2, 0.25) is 0 Å². The smallest absolute Gasteiger partial charge is 0.256 e. The second-order valence-corrected chi connectivity index (χ2v) is 8.16. The highest BCUT2D eigenvalue weighted by atomic mass is 32.2. The van der Waals surface area contributed by atoms with Gasteiger partial charge in [-0.05, 0) is 38.4 Å². The second-order valence-electron chi connectivity index (χ2n) is 7.37. The van der Waals surface area contributed by atoms with E-state index in [0.717, 1.165) is 42.0 Å². The number of amides is 1. The van der Waals surface area contributed by atoms with Gasteiger partial charge in [-0.3, -0.25) is 4.79 Å². The van der Waals surface area contributed by atoms with Gasteiger partial charge in [0.15, 0.2) is 0 Å². The summed E-state index contributed by atoms with van der Waals surface area (Å²) in [5.41, 5.74) is 1.43. The van der Waals surface area contributed by atoms with Crippen LogP contribution in [-0.2, 0) is 0 Å². The topological polar surface area (TPSA) is 58.1 Å². The number of carbonyl (C=O) groups excluding carboxylic acids is 1. The number of nitrogens with zero attached hydrogens (tertiary/aromatic N) is 3. The molecule has 1 atom stereocenters. The maximum atomic E-state index is 12.8. The Morgan fingerprint density at radius 2 is 2.08 bits per heavy atom. The highest BCUT2D eigenvalue weighted by molar-refractivity contribution is 7.98. The average Bonchev–Trinajstić information content (AvgIpc) is 3.24. The third kappa shape index (κ3) is 4.09. The lowest BCUT2D eigenvalue weighted by Gasteiger charge is -2.18. The lowest BCUT2D eigenvalue weighted by atomic mass is 10.1. The number of nitrogens with one attached hydrogen (secondary N) is 1. The number of thioether (sulfide) groups is 1. The summed E-state index contributed by atoms with van der Waals surface area (Å²) in [5, 5.41) is 4.00. The number of carbonyl (C=O) groups is 1. The van der Waals surface area contributed by atoms with Crippen molar-refractivity contribution >= 4 is 17.7 Å². The molecule has 2 heterocycles. The largest absolute Gasteiger partial charge is 0.348 e. The molecule has 0 spiro atoms. The zero-order valence-corrected chi connectivity index (χ0v) is 15.9. The first-order valence-corrected chi connectivity index (χ1v) is 10.2. The number of aryl methyl sites for hydroxylation is 1. The van der Waals surface area contributed by atoms with E-state index in [0.29, 0.717) is 5.56 Å². The van der Waals surface area contributed by atoms with Gasteiger partial charge < -0.3 is 10.2 Å². The van der Waals surface area contributed by atoms with Gasteiger partial charge >= 0.3 is 0 Å². The van der Waals surface area contributed by atoms with Gasteiger partial charge in [0.1, 0.15) is 10.9 Å². The van der Waals surface area contributed by atoms with Gasteiger partial charge in [-0.25, -0.2) is 9.97 Å². The van der Waals surface area contributed by atoms with Gasteiger partial charge in [0.05, 0.1) is 11.3 Å². The maximum Gasteiger partial charge on any atom is 0.256 e. The first-order chi connectivity index (χ1) is 11.5. The van der Waals surface area contributed by atoms with Crippen molar-refractivity contribution in [2.45, 2.75) is 57.0 Å². The summed E-state index contributed by atoms with van der Waals surface area (Å²) in [6, 6.07) is 0.245. The fourth-order valence-electron chi connectivity index (χ4n) is 3.27. The molecule has 1 aliphatic carbocycles. The molecule has 24 heavy (non-hydrogen) atoms. The Morgan fingerprint density at radius 1 is 1.33 bits per heavy atom. The summed E-state index contributed by atoms with van der Waals surface area (Å²) < 4.78 is 0. The summed E-state index contributed by atoms with van der Waals surface area (Å²) in [4.78, 5) is 24.4. The number of likely N-dealkylation sites (tertiary alicyclic amines) is 1. The Balaban J connectivity index is 1.68. The Hall–Kier alpha value is -1.14. The first kappa shape index (κ1) is 17.7. The van der Waals surface area contributed by atoms with Crippen LogP contribution in [-0.4, -0.2) is 52.7 Å². The molecule has 3 rings (SSSR count). The van der Waals surface area contributed by atoms with Gasteiger partial charge in [0.2, 0.25) is 0 Å². The van der Waals surface area contributed by atoms with E-state index < -0.39 is 0 Å². The predicted molar refractivity (Wildman–Crippen MR) is 97.7 cm³/mol. The Kier molecular flexibility index (Phi) is 5.45. The second kappa shape index (κ2) is 7.40. The van der Waals surface area contributed by atoms with Crippen molar-refractivity contribution in [1.29, 1.82) is 0 Å². The molecule has 1 saturated heterocycles. The van der Waals surface area contributed by atoms with Crippen molar-refractivity contribution in [3.8, 4) is 0 Å². The van der Waals surface area contributed by atoms with E-state index in [9.17, 15) is 4.79 Å². The van der Waals surface area contributed by atoms with Crippen LogP contribution in [0.5, 0.6) is 0 Å². The minimum Gasteiger partial charge on any atom is -0.348 e. The Morgan fingerprint density at radius 3 is 2.71 bits per heavy atom. The summed E-state index contributed by atoms with van der Waals surface area (Å²) in [7, 11) is 0. The molecule has 2 aliphatic rings. The van der Waals surface area contributed by atoms with Crippen LogP contribution in [0.1, 0.15) is 60.9 Å². The van der Waals surface area contributed by atoms with Crippen LogP contribution in [0, 0.1) is 12.8 Å². The molecular formula is C18H28N4OS. The maximum absolute atomic E-state index is 12.8. The minimum absolute atomic E-state index is 0.0228. The van der Waals surface area contributed by atoms with Crippen molar-refractivity contribution in [2.75, 3.05) is 25.9 Å². The number of rotatable bonds is 6. The molecule has 0 radical (unpaired) electrons. The summed E-state index contributed by atoms with van der Waals surface area (Å²) in [6.07, 6.45) is 5.76. The van der Waals surface area contributed by atoms with Gasteiger partial charge in [-0.15, -0.1) is 11.8 Å². The van der Waals surface area contributed by atoms with Crippen molar-refractivity contribution in [3.05, 3.63) is 17.1 Å². The lowest BCUT2D eigenvalue weighted by molar-refractivity contribution is 0.0932. The van der Waals surface area contributed by atoms with Crippen LogP contribution < -0.4 is 5.32 Å². The van der Waals surface area contributed by atoms with E-state index in [1.807, 2.05) is 13.2 Å².